The molecular weight excluding hydrogens is 224 g/mol. The van der Waals surface area contributed by atoms with Gasteiger partial charge < -0.3 is 10.6 Å². The number of hydrogen-bond acceptors (Lipinski definition) is 2. The summed E-state index contributed by atoms with van der Waals surface area (Å²) in [7, 11) is 0. The van der Waals surface area contributed by atoms with Gasteiger partial charge in [0.2, 0.25) is 0 Å². The molecular formula is C15H24N2O. The third-order valence-electron chi connectivity index (χ3n) is 3.07. The van der Waals surface area contributed by atoms with Crippen molar-refractivity contribution in [3.05, 3.63) is 35.9 Å². The molecule has 0 heterocycles. The van der Waals surface area contributed by atoms with Crippen LogP contribution < -0.4 is 5.73 Å². The van der Waals surface area contributed by atoms with Crippen LogP contribution in [-0.4, -0.2) is 29.9 Å². The smallest absolute Gasteiger partial charge is 0.253 e. The summed E-state index contributed by atoms with van der Waals surface area (Å²) in [5.41, 5.74) is 6.71. The monoisotopic (exact) mass is 248 g/mol. The van der Waals surface area contributed by atoms with Crippen molar-refractivity contribution in [2.24, 2.45) is 5.73 Å². The SMILES string of the molecule is CCCCN(CC(N)CC)C(=O)c1ccccc1. The second kappa shape index (κ2) is 7.88. The Labute approximate surface area is 110 Å². The maximum absolute atomic E-state index is 12.4. The molecule has 0 saturated carbocycles. The molecule has 0 aliphatic rings. The number of unbranched alkanes of at least 4 members (excludes halogenated alkanes) is 1. The maximum atomic E-state index is 12.4. The van der Waals surface area contributed by atoms with Gasteiger partial charge in [0.1, 0.15) is 0 Å². The van der Waals surface area contributed by atoms with E-state index in [1.165, 1.54) is 0 Å². The fraction of sp³-hybridized carbons (Fsp3) is 0.533. The lowest BCUT2D eigenvalue weighted by atomic mass is 10.1. The van der Waals surface area contributed by atoms with Crippen LogP contribution in [0.1, 0.15) is 43.5 Å². The van der Waals surface area contributed by atoms with Crippen LogP contribution >= 0.6 is 0 Å². The third-order valence-corrected chi connectivity index (χ3v) is 3.07. The molecule has 0 radical (unpaired) electrons. The molecule has 0 bridgehead atoms. The first kappa shape index (κ1) is 14.7. The first-order chi connectivity index (χ1) is 8.69. The Morgan fingerprint density at radius 2 is 1.94 bits per heavy atom. The lowest BCUT2D eigenvalue weighted by Gasteiger charge is -2.25. The zero-order chi connectivity index (χ0) is 13.4. The van der Waals surface area contributed by atoms with Crippen molar-refractivity contribution < 1.29 is 4.79 Å². The summed E-state index contributed by atoms with van der Waals surface area (Å²) >= 11 is 0. The minimum Gasteiger partial charge on any atom is -0.337 e. The van der Waals surface area contributed by atoms with Crippen LogP contribution in [0.15, 0.2) is 30.3 Å². The van der Waals surface area contributed by atoms with E-state index in [4.69, 9.17) is 5.73 Å². The Bertz CT molecular complexity index is 351. The number of rotatable bonds is 7. The quantitative estimate of drug-likeness (QED) is 0.806. The maximum Gasteiger partial charge on any atom is 0.253 e. The Morgan fingerprint density at radius 1 is 1.28 bits per heavy atom. The average Bonchev–Trinajstić information content (AvgIpc) is 2.43. The van der Waals surface area contributed by atoms with Crippen molar-refractivity contribution in [2.75, 3.05) is 13.1 Å². The van der Waals surface area contributed by atoms with Crippen LogP contribution in [0.3, 0.4) is 0 Å². The van der Waals surface area contributed by atoms with Gasteiger partial charge in [-0.05, 0) is 25.0 Å². The van der Waals surface area contributed by atoms with Crippen LogP contribution in [0, 0.1) is 0 Å². The second-order valence-electron chi connectivity index (χ2n) is 4.64. The second-order valence-corrected chi connectivity index (χ2v) is 4.64. The van der Waals surface area contributed by atoms with Gasteiger partial charge in [-0.25, -0.2) is 0 Å². The number of nitrogens with zero attached hydrogens (tertiary/aromatic N) is 1. The molecule has 3 nitrogen and oxygen atoms in total. The molecule has 1 rings (SSSR count). The largest absolute Gasteiger partial charge is 0.337 e. The molecule has 0 aliphatic carbocycles. The molecule has 18 heavy (non-hydrogen) atoms. The number of carbonyl (C=O) groups is 1. The lowest BCUT2D eigenvalue weighted by molar-refractivity contribution is 0.0742. The van der Waals surface area contributed by atoms with Gasteiger partial charge in [0, 0.05) is 24.7 Å². The highest BCUT2D eigenvalue weighted by molar-refractivity contribution is 5.94. The first-order valence-electron chi connectivity index (χ1n) is 6.78. The fourth-order valence-corrected chi connectivity index (χ4v) is 1.80. The molecule has 2 N–H and O–H groups in total. The van der Waals surface area contributed by atoms with E-state index in [1.54, 1.807) is 0 Å². The van der Waals surface area contributed by atoms with Gasteiger partial charge in [0.15, 0.2) is 0 Å². The van der Waals surface area contributed by atoms with Crippen molar-refractivity contribution >= 4 is 5.91 Å². The highest BCUT2D eigenvalue weighted by Gasteiger charge is 2.16. The van der Waals surface area contributed by atoms with Crippen LogP contribution in [0.2, 0.25) is 0 Å². The summed E-state index contributed by atoms with van der Waals surface area (Å²) in [6.45, 7) is 5.61. The number of amides is 1. The molecule has 0 fully saturated rings. The zero-order valence-electron chi connectivity index (χ0n) is 11.4. The molecule has 1 atom stereocenters. The number of carbonyl (C=O) groups excluding carboxylic acids is 1. The van der Waals surface area contributed by atoms with E-state index in [0.29, 0.717) is 6.54 Å². The van der Waals surface area contributed by atoms with E-state index in [1.807, 2.05) is 35.2 Å². The zero-order valence-corrected chi connectivity index (χ0v) is 11.4. The van der Waals surface area contributed by atoms with Gasteiger partial charge >= 0.3 is 0 Å². The van der Waals surface area contributed by atoms with Crippen LogP contribution in [0.4, 0.5) is 0 Å². The third kappa shape index (κ3) is 4.49. The molecule has 0 aliphatic heterocycles. The van der Waals surface area contributed by atoms with Crippen LogP contribution in [0.5, 0.6) is 0 Å². The minimum absolute atomic E-state index is 0.0644. The van der Waals surface area contributed by atoms with Gasteiger partial charge in [0.25, 0.3) is 5.91 Å². The van der Waals surface area contributed by atoms with Crippen molar-refractivity contribution in [1.82, 2.24) is 4.90 Å². The van der Waals surface area contributed by atoms with Gasteiger partial charge in [-0.15, -0.1) is 0 Å². The molecule has 0 spiro atoms. The lowest BCUT2D eigenvalue weighted by Crippen LogP contribution is -2.41. The van der Waals surface area contributed by atoms with Crippen molar-refractivity contribution in [2.45, 2.75) is 39.2 Å². The summed E-state index contributed by atoms with van der Waals surface area (Å²) in [6, 6.07) is 9.49. The van der Waals surface area contributed by atoms with E-state index >= 15 is 0 Å². The highest BCUT2D eigenvalue weighted by Crippen LogP contribution is 2.07. The molecule has 0 aromatic heterocycles. The van der Waals surface area contributed by atoms with Gasteiger partial charge in [0.05, 0.1) is 0 Å². The molecule has 0 saturated heterocycles. The van der Waals surface area contributed by atoms with Crippen LogP contribution in [0.25, 0.3) is 0 Å². The summed E-state index contributed by atoms with van der Waals surface area (Å²) in [5.74, 6) is 0.0907. The number of nitrogens with two attached hydrogens (primary N) is 1. The number of benzene rings is 1. The van der Waals surface area contributed by atoms with Crippen molar-refractivity contribution in [3.8, 4) is 0 Å². The standard InChI is InChI=1S/C15H24N2O/c1-3-5-11-17(12-14(16)4-2)15(18)13-9-7-6-8-10-13/h6-10,14H,3-5,11-12,16H2,1-2H3. The molecule has 1 aromatic rings. The predicted molar refractivity (Wildman–Crippen MR) is 75.5 cm³/mol. The van der Waals surface area contributed by atoms with E-state index in [-0.39, 0.29) is 11.9 Å². The Kier molecular flexibility index (Phi) is 6.44. The van der Waals surface area contributed by atoms with E-state index in [9.17, 15) is 4.79 Å². The van der Waals surface area contributed by atoms with E-state index in [2.05, 4.69) is 13.8 Å². The number of hydrogen-bond donors (Lipinski definition) is 1. The normalized spacial score (nSPS) is 12.2. The molecule has 3 heteroatoms. The Hall–Kier alpha value is -1.35. The Balaban J connectivity index is 2.72. The van der Waals surface area contributed by atoms with Gasteiger partial charge in [-0.2, -0.15) is 0 Å². The summed E-state index contributed by atoms with van der Waals surface area (Å²) < 4.78 is 0. The van der Waals surface area contributed by atoms with Crippen molar-refractivity contribution in [3.63, 3.8) is 0 Å². The Morgan fingerprint density at radius 3 is 2.50 bits per heavy atom. The van der Waals surface area contributed by atoms with Crippen molar-refractivity contribution in [1.29, 1.82) is 0 Å². The van der Waals surface area contributed by atoms with Gasteiger partial charge in [-0.3, -0.25) is 4.79 Å². The summed E-state index contributed by atoms with van der Waals surface area (Å²) in [5, 5.41) is 0. The fourth-order valence-electron chi connectivity index (χ4n) is 1.80. The molecule has 1 unspecified atom stereocenters. The van der Waals surface area contributed by atoms with E-state index < -0.39 is 0 Å². The minimum atomic E-state index is 0.0644. The molecule has 1 amide bonds. The average molecular weight is 248 g/mol. The first-order valence-corrected chi connectivity index (χ1v) is 6.78. The van der Waals surface area contributed by atoms with Gasteiger partial charge in [-0.1, -0.05) is 38.5 Å². The summed E-state index contributed by atoms with van der Waals surface area (Å²) in [4.78, 5) is 14.3. The molecule has 100 valence electrons. The predicted octanol–water partition coefficient (Wildman–Crippen LogP) is 2.67. The van der Waals surface area contributed by atoms with Crippen LogP contribution in [-0.2, 0) is 0 Å². The summed E-state index contributed by atoms with van der Waals surface area (Å²) in [6.07, 6.45) is 3.00. The topological polar surface area (TPSA) is 46.3 Å². The highest BCUT2D eigenvalue weighted by atomic mass is 16.2. The van der Waals surface area contributed by atoms with E-state index in [0.717, 1.165) is 31.4 Å². The molecule has 1 aromatic carbocycles.